The van der Waals surface area contributed by atoms with Crippen LogP contribution < -0.4 is 5.32 Å². The molecule has 1 saturated heterocycles. The third-order valence-corrected chi connectivity index (χ3v) is 4.43. The average molecular weight is 262 g/mol. The number of thioether (sulfide) groups is 1. The molecule has 96 valence electrons. The minimum Gasteiger partial charge on any atom is -0.365 e. The first-order chi connectivity index (χ1) is 8.74. The predicted molar refractivity (Wildman–Crippen MR) is 76.4 cm³/mol. The summed E-state index contributed by atoms with van der Waals surface area (Å²) in [7, 11) is 0. The highest BCUT2D eigenvalue weighted by Gasteiger charge is 2.17. The fourth-order valence-electron chi connectivity index (χ4n) is 2.18. The number of hydrogen-bond acceptors (Lipinski definition) is 4. The van der Waals surface area contributed by atoms with Crippen molar-refractivity contribution in [1.29, 1.82) is 0 Å². The molecule has 1 aliphatic heterocycles. The van der Waals surface area contributed by atoms with Crippen molar-refractivity contribution in [3.63, 3.8) is 0 Å². The van der Waals surface area contributed by atoms with Crippen molar-refractivity contribution in [3.05, 3.63) is 24.2 Å². The molecule has 0 aliphatic carbocycles. The zero-order chi connectivity index (χ0) is 12.5. The van der Waals surface area contributed by atoms with Gasteiger partial charge in [-0.1, -0.05) is 13.8 Å². The number of anilines is 1. The summed E-state index contributed by atoms with van der Waals surface area (Å²) in [4.78, 5) is 4.46. The third-order valence-electron chi connectivity index (χ3n) is 3.27. The molecule has 1 N–H and O–H groups in total. The Labute approximate surface area is 111 Å². The summed E-state index contributed by atoms with van der Waals surface area (Å²) in [5.74, 6) is 3.83. The number of fused-ring (bicyclic) bond motifs is 1. The quantitative estimate of drug-likeness (QED) is 0.923. The Bertz CT molecular complexity index is 543. The molecule has 0 spiro atoms. The van der Waals surface area contributed by atoms with Crippen LogP contribution in [0.15, 0.2) is 18.5 Å². The van der Waals surface area contributed by atoms with Crippen molar-refractivity contribution in [2.24, 2.45) is 0 Å². The van der Waals surface area contributed by atoms with E-state index in [0.717, 1.165) is 17.0 Å². The van der Waals surface area contributed by atoms with Crippen LogP contribution in [0.25, 0.3) is 5.52 Å². The van der Waals surface area contributed by atoms with E-state index in [9.17, 15) is 0 Å². The lowest BCUT2D eigenvalue weighted by Crippen LogP contribution is -2.19. The highest BCUT2D eigenvalue weighted by Crippen LogP contribution is 2.24. The maximum absolute atomic E-state index is 4.58. The predicted octanol–water partition coefficient (Wildman–Crippen LogP) is 2.77. The van der Waals surface area contributed by atoms with Crippen LogP contribution in [-0.4, -0.2) is 32.1 Å². The van der Waals surface area contributed by atoms with E-state index in [2.05, 4.69) is 35.3 Å². The third kappa shape index (κ3) is 2.19. The second-order valence-electron chi connectivity index (χ2n) is 5.03. The fourth-order valence-corrected chi connectivity index (χ4v) is 3.33. The zero-order valence-electron chi connectivity index (χ0n) is 10.8. The van der Waals surface area contributed by atoms with E-state index in [0.29, 0.717) is 12.0 Å². The molecule has 0 amide bonds. The summed E-state index contributed by atoms with van der Waals surface area (Å²) in [6.07, 6.45) is 4.95. The standard InChI is InChI=1S/C13H18N4S/c1-9(2)11-7-12-13(14-4-5-17(12)16-11)15-10-3-6-18-8-10/h4-5,7,9-10H,3,6,8H2,1-2H3,(H,14,15). The fraction of sp³-hybridized carbons (Fsp3) is 0.538. The van der Waals surface area contributed by atoms with Gasteiger partial charge in [-0.05, 0) is 24.2 Å². The maximum atomic E-state index is 4.58. The van der Waals surface area contributed by atoms with Crippen LogP contribution in [0.5, 0.6) is 0 Å². The molecular formula is C13H18N4S. The van der Waals surface area contributed by atoms with Crippen LogP contribution in [0.3, 0.4) is 0 Å². The van der Waals surface area contributed by atoms with Gasteiger partial charge >= 0.3 is 0 Å². The Balaban J connectivity index is 1.95. The van der Waals surface area contributed by atoms with E-state index in [1.165, 1.54) is 17.9 Å². The topological polar surface area (TPSA) is 42.2 Å². The van der Waals surface area contributed by atoms with Gasteiger partial charge in [0.1, 0.15) is 5.52 Å². The first-order valence-electron chi connectivity index (χ1n) is 6.42. The molecular weight excluding hydrogens is 244 g/mol. The molecule has 4 nitrogen and oxygen atoms in total. The van der Waals surface area contributed by atoms with Gasteiger partial charge in [0.05, 0.1) is 5.69 Å². The minimum atomic E-state index is 0.444. The van der Waals surface area contributed by atoms with Gasteiger partial charge in [0, 0.05) is 24.2 Å². The zero-order valence-corrected chi connectivity index (χ0v) is 11.6. The van der Waals surface area contributed by atoms with Gasteiger partial charge in [-0.15, -0.1) is 0 Å². The lowest BCUT2D eigenvalue weighted by molar-refractivity contribution is 0.783. The van der Waals surface area contributed by atoms with Gasteiger partial charge in [-0.2, -0.15) is 16.9 Å². The van der Waals surface area contributed by atoms with Gasteiger partial charge in [0.2, 0.25) is 0 Å². The van der Waals surface area contributed by atoms with E-state index in [1.807, 2.05) is 28.7 Å². The Morgan fingerprint density at radius 3 is 3.11 bits per heavy atom. The van der Waals surface area contributed by atoms with Crippen molar-refractivity contribution in [1.82, 2.24) is 14.6 Å². The van der Waals surface area contributed by atoms with E-state index < -0.39 is 0 Å². The minimum absolute atomic E-state index is 0.444. The lowest BCUT2D eigenvalue weighted by Gasteiger charge is -2.12. The highest BCUT2D eigenvalue weighted by molar-refractivity contribution is 7.99. The lowest BCUT2D eigenvalue weighted by atomic mass is 10.1. The highest BCUT2D eigenvalue weighted by atomic mass is 32.2. The number of hydrogen-bond donors (Lipinski definition) is 1. The number of aromatic nitrogens is 3. The molecule has 0 aromatic carbocycles. The molecule has 0 bridgehead atoms. The van der Waals surface area contributed by atoms with Crippen molar-refractivity contribution in [2.75, 3.05) is 16.8 Å². The van der Waals surface area contributed by atoms with E-state index in [-0.39, 0.29) is 0 Å². The molecule has 1 fully saturated rings. The van der Waals surface area contributed by atoms with Crippen LogP contribution in [0.1, 0.15) is 31.9 Å². The monoisotopic (exact) mass is 262 g/mol. The van der Waals surface area contributed by atoms with Crippen LogP contribution in [0.4, 0.5) is 5.82 Å². The van der Waals surface area contributed by atoms with Crippen molar-refractivity contribution in [2.45, 2.75) is 32.2 Å². The second kappa shape index (κ2) is 4.80. The molecule has 18 heavy (non-hydrogen) atoms. The Kier molecular flexibility index (Phi) is 3.16. The van der Waals surface area contributed by atoms with E-state index >= 15 is 0 Å². The van der Waals surface area contributed by atoms with Crippen molar-refractivity contribution < 1.29 is 0 Å². The molecule has 3 heterocycles. The van der Waals surface area contributed by atoms with Gasteiger partial charge in [0.15, 0.2) is 5.82 Å². The van der Waals surface area contributed by atoms with E-state index in [4.69, 9.17) is 0 Å². The first kappa shape index (κ1) is 11.8. The number of nitrogens with one attached hydrogen (secondary N) is 1. The molecule has 0 radical (unpaired) electrons. The molecule has 2 aromatic rings. The second-order valence-corrected chi connectivity index (χ2v) is 6.18. The molecule has 3 rings (SSSR count). The Hall–Kier alpha value is -1.23. The van der Waals surface area contributed by atoms with Gasteiger partial charge in [-0.25, -0.2) is 9.50 Å². The molecule has 1 aliphatic rings. The number of rotatable bonds is 3. The average Bonchev–Trinajstić information content (AvgIpc) is 2.97. The maximum Gasteiger partial charge on any atom is 0.152 e. The van der Waals surface area contributed by atoms with Gasteiger partial charge in [0.25, 0.3) is 0 Å². The summed E-state index contributed by atoms with van der Waals surface area (Å²) in [5.41, 5.74) is 2.20. The number of nitrogens with zero attached hydrogens (tertiary/aromatic N) is 3. The Morgan fingerprint density at radius 1 is 1.50 bits per heavy atom. The largest absolute Gasteiger partial charge is 0.365 e. The molecule has 1 unspecified atom stereocenters. The summed E-state index contributed by atoms with van der Waals surface area (Å²) in [5, 5.41) is 8.12. The first-order valence-corrected chi connectivity index (χ1v) is 7.58. The summed E-state index contributed by atoms with van der Waals surface area (Å²) in [6.45, 7) is 4.33. The van der Waals surface area contributed by atoms with Crippen LogP contribution >= 0.6 is 11.8 Å². The van der Waals surface area contributed by atoms with Crippen LogP contribution in [0.2, 0.25) is 0 Å². The molecule has 1 atom stereocenters. The van der Waals surface area contributed by atoms with Crippen LogP contribution in [0, 0.1) is 0 Å². The Morgan fingerprint density at radius 2 is 2.39 bits per heavy atom. The van der Waals surface area contributed by atoms with Gasteiger partial charge < -0.3 is 5.32 Å². The molecule has 2 aromatic heterocycles. The SMILES string of the molecule is CC(C)c1cc2c(NC3CCSC3)nccn2n1. The van der Waals surface area contributed by atoms with Crippen molar-refractivity contribution >= 4 is 23.1 Å². The summed E-state index contributed by atoms with van der Waals surface area (Å²) >= 11 is 2.00. The van der Waals surface area contributed by atoms with E-state index in [1.54, 1.807) is 0 Å². The normalized spacial score (nSPS) is 19.8. The molecule has 0 saturated carbocycles. The smallest absolute Gasteiger partial charge is 0.152 e. The van der Waals surface area contributed by atoms with Crippen LogP contribution in [-0.2, 0) is 0 Å². The molecule has 5 heteroatoms. The van der Waals surface area contributed by atoms with Crippen molar-refractivity contribution in [3.8, 4) is 0 Å². The summed E-state index contributed by atoms with van der Waals surface area (Å²) < 4.78 is 1.92. The van der Waals surface area contributed by atoms with Gasteiger partial charge in [-0.3, -0.25) is 0 Å². The summed E-state index contributed by atoms with van der Waals surface area (Å²) in [6, 6.07) is 2.69.